The predicted molar refractivity (Wildman–Crippen MR) is 129 cm³/mol. The van der Waals surface area contributed by atoms with Gasteiger partial charge in [-0.05, 0) is 28.8 Å². The summed E-state index contributed by atoms with van der Waals surface area (Å²) in [6.45, 7) is 0.387. The highest BCUT2D eigenvalue weighted by molar-refractivity contribution is 6.35. The molecule has 1 aliphatic heterocycles. The number of hydrogen-bond donors (Lipinski definition) is 1. The summed E-state index contributed by atoms with van der Waals surface area (Å²) in [5.41, 5.74) is 6.29. The van der Waals surface area contributed by atoms with Crippen molar-refractivity contribution in [3.8, 4) is 18.2 Å². The molecule has 2 atom stereocenters. The lowest BCUT2D eigenvalue weighted by Gasteiger charge is -2.45. The molecule has 2 aromatic rings. The average Bonchev–Trinajstić information content (AvgIpc) is 2.87. The lowest BCUT2D eigenvalue weighted by Crippen LogP contribution is -2.49. The van der Waals surface area contributed by atoms with E-state index in [-0.39, 0.29) is 36.0 Å². The molecule has 0 radical (unpaired) electrons. The van der Waals surface area contributed by atoms with Crippen molar-refractivity contribution in [3.63, 3.8) is 0 Å². The highest BCUT2D eigenvalue weighted by Gasteiger charge is 2.55. The molecular formula is C26H19Cl2N5O2. The van der Waals surface area contributed by atoms with Crippen LogP contribution in [-0.4, -0.2) is 24.1 Å². The lowest BCUT2D eigenvalue weighted by molar-refractivity contribution is 0.0898. The summed E-state index contributed by atoms with van der Waals surface area (Å²) in [7, 11) is 0. The first-order valence-electron chi connectivity index (χ1n) is 10.7. The highest BCUT2D eigenvalue weighted by Crippen LogP contribution is 2.55. The number of nitrogens with two attached hydrogens (primary N) is 1. The fraction of sp³-hybridized carbons (Fsp3) is 0.231. The van der Waals surface area contributed by atoms with Gasteiger partial charge in [-0.1, -0.05) is 65.7 Å². The molecule has 0 spiro atoms. The van der Waals surface area contributed by atoms with Crippen molar-refractivity contribution in [1.82, 2.24) is 4.90 Å². The van der Waals surface area contributed by atoms with Gasteiger partial charge in [0, 0.05) is 35.0 Å². The van der Waals surface area contributed by atoms with Crippen LogP contribution in [0.1, 0.15) is 17.0 Å². The third-order valence-corrected chi connectivity index (χ3v) is 6.99. The summed E-state index contributed by atoms with van der Waals surface area (Å²) in [5.74, 6) is -1.46. The van der Waals surface area contributed by atoms with Gasteiger partial charge in [-0.2, -0.15) is 15.8 Å². The number of halogens is 2. The van der Waals surface area contributed by atoms with Crippen molar-refractivity contribution < 1.29 is 9.53 Å². The largest absolute Gasteiger partial charge is 0.445 e. The standard InChI is InChI=1S/C26H19Cl2N5O2/c27-17-6-7-19(22(28)10-17)23-21-12-33(25(34)35-13-16-4-2-1-3-5-16)9-8-18(21)20(11-29)24(32)26(23,14-30)15-31/h1-8,10,21,23H,9,12-13,32H2. The second-order valence-electron chi connectivity index (χ2n) is 8.29. The number of nitrogens with zero attached hydrogens (tertiary/aromatic N) is 4. The van der Waals surface area contributed by atoms with Crippen LogP contribution in [-0.2, 0) is 11.3 Å². The van der Waals surface area contributed by atoms with E-state index in [2.05, 4.69) is 6.07 Å². The molecule has 174 valence electrons. The van der Waals surface area contributed by atoms with Crippen molar-refractivity contribution >= 4 is 29.3 Å². The van der Waals surface area contributed by atoms with Gasteiger partial charge in [0.15, 0.2) is 5.41 Å². The van der Waals surface area contributed by atoms with E-state index in [0.29, 0.717) is 16.2 Å². The number of allylic oxidation sites excluding steroid dienone is 2. The number of rotatable bonds is 3. The third-order valence-electron chi connectivity index (χ3n) is 6.43. The zero-order valence-electron chi connectivity index (χ0n) is 18.4. The minimum Gasteiger partial charge on any atom is -0.445 e. The Morgan fingerprint density at radius 1 is 1.14 bits per heavy atom. The number of benzene rings is 2. The Kier molecular flexibility index (Phi) is 6.72. The first-order valence-corrected chi connectivity index (χ1v) is 11.5. The Bertz CT molecular complexity index is 1350. The molecule has 4 rings (SSSR count). The van der Waals surface area contributed by atoms with E-state index < -0.39 is 23.3 Å². The summed E-state index contributed by atoms with van der Waals surface area (Å²) in [6, 6.07) is 20.2. The van der Waals surface area contributed by atoms with Crippen LogP contribution in [0, 0.1) is 45.3 Å². The normalized spacial score (nSPS) is 20.5. The first-order chi connectivity index (χ1) is 16.9. The smallest absolute Gasteiger partial charge is 0.410 e. The molecule has 0 bridgehead atoms. The summed E-state index contributed by atoms with van der Waals surface area (Å²) in [6.07, 6.45) is 1.17. The van der Waals surface area contributed by atoms with E-state index in [1.807, 2.05) is 42.5 Å². The third kappa shape index (κ3) is 4.19. The van der Waals surface area contributed by atoms with Crippen molar-refractivity contribution in [2.45, 2.75) is 12.5 Å². The van der Waals surface area contributed by atoms with Gasteiger partial charge in [0.1, 0.15) is 12.7 Å². The molecule has 2 aliphatic rings. The molecule has 9 heteroatoms. The van der Waals surface area contributed by atoms with Crippen LogP contribution in [0.5, 0.6) is 0 Å². The molecule has 2 aromatic carbocycles. The Morgan fingerprint density at radius 2 is 1.86 bits per heavy atom. The number of fused-ring (bicyclic) bond motifs is 1. The second-order valence-corrected chi connectivity index (χ2v) is 9.13. The molecule has 7 nitrogen and oxygen atoms in total. The summed E-state index contributed by atoms with van der Waals surface area (Å²) in [5, 5.41) is 30.9. The maximum absolute atomic E-state index is 12.9. The summed E-state index contributed by atoms with van der Waals surface area (Å²) in [4.78, 5) is 14.4. The van der Waals surface area contributed by atoms with E-state index in [4.69, 9.17) is 33.7 Å². The minimum atomic E-state index is -1.87. The van der Waals surface area contributed by atoms with Gasteiger partial charge >= 0.3 is 6.09 Å². The number of carbonyl (C=O) groups excluding carboxylic acids is 1. The van der Waals surface area contributed by atoms with Gasteiger partial charge in [-0.15, -0.1) is 0 Å². The van der Waals surface area contributed by atoms with Crippen molar-refractivity contribution in [1.29, 1.82) is 15.8 Å². The van der Waals surface area contributed by atoms with E-state index in [9.17, 15) is 20.6 Å². The van der Waals surface area contributed by atoms with E-state index in [1.54, 1.807) is 18.2 Å². The minimum absolute atomic E-state index is 0.0803. The Morgan fingerprint density at radius 3 is 2.49 bits per heavy atom. The van der Waals surface area contributed by atoms with Crippen LogP contribution in [0.15, 0.2) is 71.5 Å². The van der Waals surface area contributed by atoms with Crippen molar-refractivity contribution in [2.24, 2.45) is 17.1 Å². The topological polar surface area (TPSA) is 127 Å². The van der Waals surface area contributed by atoms with Gasteiger partial charge in [-0.3, -0.25) is 0 Å². The molecule has 35 heavy (non-hydrogen) atoms. The highest BCUT2D eigenvalue weighted by atomic mass is 35.5. The van der Waals surface area contributed by atoms with Crippen molar-refractivity contribution in [3.05, 3.63) is 92.6 Å². The van der Waals surface area contributed by atoms with E-state index >= 15 is 0 Å². The quantitative estimate of drug-likeness (QED) is 0.623. The average molecular weight is 504 g/mol. The number of amides is 1. The van der Waals surface area contributed by atoms with Gasteiger partial charge < -0.3 is 15.4 Å². The molecule has 0 fully saturated rings. The first kappa shape index (κ1) is 24.2. The van der Waals surface area contributed by atoms with Gasteiger partial charge in [0.2, 0.25) is 0 Å². The Hall–Kier alpha value is -3.96. The van der Waals surface area contributed by atoms with Gasteiger partial charge in [0.25, 0.3) is 0 Å². The maximum atomic E-state index is 12.9. The molecule has 0 saturated heterocycles. The van der Waals surface area contributed by atoms with Crippen molar-refractivity contribution in [2.75, 3.05) is 13.1 Å². The predicted octanol–water partition coefficient (Wildman–Crippen LogP) is 5.06. The monoisotopic (exact) mass is 503 g/mol. The molecule has 1 amide bonds. The number of nitriles is 3. The number of ether oxygens (including phenoxy) is 1. The molecule has 1 heterocycles. The molecule has 0 saturated carbocycles. The molecule has 0 aromatic heterocycles. The van der Waals surface area contributed by atoms with Crippen LogP contribution in [0.3, 0.4) is 0 Å². The zero-order valence-corrected chi connectivity index (χ0v) is 19.9. The van der Waals surface area contributed by atoms with Crippen LogP contribution in [0.2, 0.25) is 10.0 Å². The SMILES string of the molecule is N#CC1=C(N)C(C#N)(C#N)C(c2ccc(Cl)cc2Cl)C2CN(C(=O)OCc3ccccc3)CC=C12. The fourth-order valence-electron chi connectivity index (χ4n) is 4.74. The van der Waals surface area contributed by atoms with E-state index in [1.165, 1.54) is 11.0 Å². The molecule has 1 aliphatic carbocycles. The van der Waals surface area contributed by atoms with E-state index in [0.717, 1.165) is 5.56 Å². The lowest BCUT2D eigenvalue weighted by atomic mass is 9.58. The maximum Gasteiger partial charge on any atom is 0.410 e. The number of carbonyl (C=O) groups is 1. The zero-order chi connectivity index (χ0) is 25.2. The van der Waals surface area contributed by atoms with Crippen LogP contribution < -0.4 is 5.73 Å². The fourth-order valence-corrected chi connectivity index (χ4v) is 5.26. The van der Waals surface area contributed by atoms with Crippen LogP contribution in [0.4, 0.5) is 4.79 Å². The molecular weight excluding hydrogens is 485 g/mol. The molecule has 2 N–H and O–H groups in total. The van der Waals surface area contributed by atoms with Gasteiger partial charge in [-0.25, -0.2) is 4.79 Å². The second kappa shape index (κ2) is 9.72. The Balaban J connectivity index is 1.76. The summed E-state index contributed by atoms with van der Waals surface area (Å²) >= 11 is 12.6. The van der Waals surface area contributed by atoms with Gasteiger partial charge in [0.05, 0.1) is 23.4 Å². The van der Waals surface area contributed by atoms with Crippen LogP contribution in [0.25, 0.3) is 0 Å². The Labute approximate surface area is 212 Å². The summed E-state index contributed by atoms with van der Waals surface area (Å²) < 4.78 is 5.49. The number of hydrogen-bond acceptors (Lipinski definition) is 6. The molecule has 2 unspecified atom stereocenters. The van der Waals surface area contributed by atoms with Crippen LogP contribution >= 0.6 is 23.2 Å².